The van der Waals surface area contributed by atoms with Gasteiger partial charge in [0.05, 0.1) is 19.3 Å². The lowest BCUT2D eigenvalue weighted by Gasteiger charge is -2.14. The summed E-state index contributed by atoms with van der Waals surface area (Å²) in [6.07, 6.45) is -4.60. The summed E-state index contributed by atoms with van der Waals surface area (Å²) < 4.78 is 42.3. The van der Waals surface area contributed by atoms with Crippen LogP contribution in [0.5, 0.6) is 5.75 Å². The monoisotopic (exact) mass is 231 g/mol. The van der Waals surface area contributed by atoms with E-state index >= 15 is 0 Å². The number of halogens is 3. The molecule has 0 saturated carbocycles. The maximum atomic E-state index is 12.5. The van der Waals surface area contributed by atoms with Gasteiger partial charge in [-0.15, -0.1) is 0 Å². The molecule has 86 valence electrons. The number of aliphatic hydroxyl groups excluding tert-OH is 1. The molecule has 1 N–H and O–H groups in total. The second-order valence-corrected chi connectivity index (χ2v) is 2.94. The summed E-state index contributed by atoms with van der Waals surface area (Å²) in [4.78, 5) is 0. The van der Waals surface area contributed by atoms with Crippen molar-refractivity contribution in [3.63, 3.8) is 0 Å². The van der Waals surface area contributed by atoms with Crippen LogP contribution in [0.3, 0.4) is 0 Å². The van der Waals surface area contributed by atoms with Crippen molar-refractivity contribution in [1.82, 2.24) is 0 Å². The van der Waals surface area contributed by atoms with Crippen molar-refractivity contribution >= 4 is 0 Å². The molecule has 0 amide bonds. The van der Waals surface area contributed by atoms with E-state index in [1.54, 1.807) is 6.07 Å². The van der Waals surface area contributed by atoms with Crippen molar-refractivity contribution in [2.75, 3.05) is 7.11 Å². The molecule has 0 aliphatic heterocycles. The highest BCUT2D eigenvalue weighted by atomic mass is 19.4. The summed E-state index contributed by atoms with van der Waals surface area (Å²) in [6.45, 7) is -0.866. The lowest BCUT2D eigenvalue weighted by atomic mass is 10.0. The SMILES string of the molecule is COc1ccc(C(F)(F)F)c(CO)c1C#N. The van der Waals surface area contributed by atoms with Crippen molar-refractivity contribution in [2.45, 2.75) is 12.8 Å². The Morgan fingerprint density at radius 3 is 2.44 bits per heavy atom. The fourth-order valence-corrected chi connectivity index (χ4v) is 1.35. The molecular weight excluding hydrogens is 223 g/mol. The molecule has 0 atom stereocenters. The van der Waals surface area contributed by atoms with Gasteiger partial charge in [-0.05, 0) is 12.1 Å². The predicted octanol–water partition coefficient (Wildman–Crippen LogP) is 2.08. The topological polar surface area (TPSA) is 53.2 Å². The Hall–Kier alpha value is -1.74. The van der Waals surface area contributed by atoms with E-state index < -0.39 is 23.9 Å². The second kappa shape index (κ2) is 4.41. The Labute approximate surface area is 89.7 Å². The summed E-state index contributed by atoms with van der Waals surface area (Å²) in [5.41, 5.74) is -1.78. The Kier molecular flexibility index (Phi) is 3.40. The first-order chi connectivity index (χ1) is 7.45. The molecule has 1 aromatic rings. The molecule has 0 aliphatic rings. The van der Waals surface area contributed by atoms with E-state index in [1.807, 2.05) is 0 Å². The van der Waals surface area contributed by atoms with E-state index in [9.17, 15) is 13.2 Å². The smallest absolute Gasteiger partial charge is 0.416 e. The third kappa shape index (κ3) is 2.09. The Balaban J connectivity index is 3.52. The van der Waals surface area contributed by atoms with E-state index in [0.717, 1.165) is 12.1 Å². The number of benzene rings is 1. The molecule has 0 unspecified atom stereocenters. The standard InChI is InChI=1S/C10H8F3NO2/c1-16-9-3-2-8(10(11,12)13)7(5-15)6(9)4-14/h2-3,15H,5H2,1H3. The van der Waals surface area contributed by atoms with Gasteiger partial charge in [-0.25, -0.2) is 0 Å². The molecule has 0 saturated heterocycles. The zero-order chi connectivity index (χ0) is 12.3. The number of alkyl halides is 3. The van der Waals surface area contributed by atoms with Crippen LogP contribution in [0.15, 0.2) is 12.1 Å². The van der Waals surface area contributed by atoms with Crippen LogP contribution in [0, 0.1) is 11.3 Å². The van der Waals surface area contributed by atoms with Gasteiger partial charge in [-0.2, -0.15) is 18.4 Å². The van der Waals surface area contributed by atoms with E-state index in [0.29, 0.717) is 0 Å². The number of nitriles is 1. The van der Waals surface area contributed by atoms with Gasteiger partial charge in [0.25, 0.3) is 0 Å². The summed E-state index contributed by atoms with van der Waals surface area (Å²) in [6, 6.07) is 3.43. The number of hydrogen-bond acceptors (Lipinski definition) is 3. The molecule has 0 aromatic heterocycles. The maximum absolute atomic E-state index is 12.5. The quantitative estimate of drug-likeness (QED) is 0.847. The molecule has 1 rings (SSSR count). The maximum Gasteiger partial charge on any atom is 0.416 e. The number of rotatable bonds is 2. The summed E-state index contributed by atoms with van der Waals surface area (Å²) >= 11 is 0. The van der Waals surface area contributed by atoms with E-state index in [-0.39, 0.29) is 11.3 Å². The van der Waals surface area contributed by atoms with Crippen molar-refractivity contribution < 1.29 is 23.0 Å². The van der Waals surface area contributed by atoms with Gasteiger partial charge in [0.2, 0.25) is 0 Å². The van der Waals surface area contributed by atoms with E-state index in [1.165, 1.54) is 7.11 Å². The van der Waals surface area contributed by atoms with Crippen molar-refractivity contribution in [3.05, 3.63) is 28.8 Å². The van der Waals surface area contributed by atoms with Crippen molar-refractivity contribution in [3.8, 4) is 11.8 Å². The summed E-state index contributed by atoms with van der Waals surface area (Å²) in [5, 5.41) is 17.7. The number of ether oxygens (including phenoxy) is 1. The molecule has 0 heterocycles. The zero-order valence-corrected chi connectivity index (χ0v) is 8.30. The predicted molar refractivity (Wildman–Crippen MR) is 48.6 cm³/mol. The Bertz CT molecular complexity index is 435. The van der Waals surface area contributed by atoms with Crippen LogP contribution in [0.1, 0.15) is 16.7 Å². The number of methoxy groups -OCH3 is 1. The number of nitrogens with zero attached hydrogens (tertiary/aromatic N) is 1. The third-order valence-corrected chi connectivity index (χ3v) is 2.07. The van der Waals surface area contributed by atoms with Gasteiger partial charge < -0.3 is 9.84 Å². The fraction of sp³-hybridized carbons (Fsp3) is 0.300. The molecule has 6 heteroatoms. The van der Waals surface area contributed by atoms with E-state index in [2.05, 4.69) is 0 Å². The molecule has 0 aliphatic carbocycles. The van der Waals surface area contributed by atoms with Crippen LogP contribution in [0.2, 0.25) is 0 Å². The van der Waals surface area contributed by atoms with Crippen LogP contribution < -0.4 is 4.74 Å². The average Bonchev–Trinajstić information content (AvgIpc) is 2.25. The molecule has 0 spiro atoms. The zero-order valence-electron chi connectivity index (χ0n) is 8.30. The molecule has 16 heavy (non-hydrogen) atoms. The Morgan fingerprint density at radius 1 is 1.44 bits per heavy atom. The van der Waals surface area contributed by atoms with Gasteiger partial charge in [0.1, 0.15) is 17.4 Å². The molecule has 0 fully saturated rings. The van der Waals surface area contributed by atoms with Crippen molar-refractivity contribution in [1.29, 1.82) is 5.26 Å². The first-order valence-electron chi connectivity index (χ1n) is 4.23. The van der Waals surface area contributed by atoms with Crippen LogP contribution in [0.25, 0.3) is 0 Å². The van der Waals surface area contributed by atoms with Crippen LogP contribution in [-0.2, 0) is 12.8 Å². The van der Waals surface area contributed by atoms with Crippen LogP contribution in [0.4, 0.5) is 13.2 Å². The van der Waals surface area contributed by atoms with Crippen LogP contribution >= 0.6 is 0 Å². The molecule has 0 bridgehead atoms. The van der Waals surface area contributed by atoms with Gasteiger partial charge in [-0.1, -0.05) is 0 Å². The molecule has 3 nitrogen and oxygen atoms in total. The molecule has 0 radical (unpaired) electrons. The van der Waals surface area contributed by atoms with Gasteiger partial charge >= 0.3 is 6.18 Å². The highest BCUT2D eigenvalue weighted by Gasteiger charge is 2.35. The minimum atomic E-state index is -4.60. The van der Waals surface area contributed by atoms with Gasteiger partial charge in [-0.3, -0.25) is 0 Å². The Morgan fingerprint density at radius 2 is 2.06 bits per heavy atom. The fourth-order valence-electron chi connectivity index (χ4n) is 1.35. The highest BCUT2D eigenvalue weighted by molar-refractivity contribution is 5.52. The lowest BCUT2D eigenvalue weighted by molar-refractivity contribution is -0.138. The largest absolute Gasteiger partial charge is 0.495 e. The van der Waals surface area contributed by atoms with Gasteiger partial charge in [0, 0.05) is 5.56 Å². The van der Waals surface area contributed by atoms with Crippen molar-refractivity contribution in [2.24, 2.45) is 0 Å². The summed E-state index contributed by atoms with van der Waals surface area (Å²) in [5.74, 6) is 0.0135. The average molecular weight is 231 g/mol. The number of aliphatic hydroxyl groups is 1. The molecule has 1 aromatic carbocycles. The van der Waals surface area contributed by atoms with E-state index in [4.69, 9.17) is 15.1 Å². The highest BCUT2D eigenvalue weighted by Crippen LogP contribution is 2.36. The normalized spacial score (nSPS) is 11.0. The summed E-state index contributed by atoms with van der Waals surface area (Å²) in [7, 11) is 1.24. The minimum absolute atomic E-state index is 0.0135. The molecular formula is C10H8F3NO2. The first-order valence-corrected chi connectivity index (χ1v) is 4.23. The lowest BCUT2D eigenvalue weighted by Crippen LogP contribution is -2.11. The third-order valence-electron chi connectivity index (χ3n) is 2.07. The first kappa shape index (κ1) is 12.3. The minimum Gasteiger partial charge on any atom is -0.495 e. The van der Waals surface area contributed by atoms with Crippen LogP contribution in [-0.4, -0.2) is 12.2 Å². The number of hydrogen-bond donors (Lipinski definition) is 1. The second-order valence-electron chi connectivity index (χ2n) is 2.94. The van der Waals surface area contributed by atoms with Gasteiger partial charge in [0.15, 0.2) is 0 Å².